The molecule has 2 N–H and O–H groups in total. The van der Waals surface area contributed by atoms with Crippen LogP contribution < -0.4 is 10.6 Å². The number of amides is 1. The van der Waals surface area contributed by atoms with Gasteiger partial charge in [0.1, 0.15) is 0 Å². The van der Waals surface area contributed by atoms with Crippen LogP contribution in [-0.4, -0.2) is 32.0 Å². The van der Waals surface area contributed by atoms with Crippen LogP contribution in [-0.2, 0) is 4.79 Å². The van der Waals surface area contributed by atoms with Crippen molar-refractivity contribution < 1.29 is 13.6 Å². The summed E-state index contributed by atoms with van der Waals surface area (Å²) in [5.41, 5.74) is 2.88. The lowest BCUT2D eigenvalue weighted by atomic mass is 9.86. The van der Waals surface area contributed by atoms with E-state index in [2.05, 4.69) is 17.6 Å². The fourth-order valence-electron chi connectivity index (χ4n) is 3.19. The van der Waals surface area contributed by atoms with Gasteiger partial charge in [0.25, 0.3) is 6.43 Å². The minimum Gasteiger partial charge on any atom is -0.350 e. The van der Waals surface area contributed by atoms with Crippen molar-refractivity contribution in [3.8, 4) is 11.1 Å². The highest BCUT2D eigenvalue weighted by Gasteiger charge is 2.23. The molecule has 0 aliphatic carbocycles. The molecule has 0 aromatic heterocycles. The monoisotopic (exact) mass is 374 g/mol. The van der Waals surface area contributed by atoms with Crippen LogP contribution in [0, 0.1) is 0 Å². The van der Waals surface area contributed by atoms with Crippen LogP contribution in [0.2, 0.25) is 0 Å². The molecule has 0 spiro atoms. The second kappa shape index (κ2) is 11.4. The van der Waals surface area contributed by atoms with Gasteiger partial charge in [-0.3, -0.25) is 4.79 Å². The Bertz CT molecular complexity index is 692. The van der Waals surface area contributed by atoms with E-state index in [1.165, 1.54) is 0 Å². The highest BCUT2D eigenvalue weighted by molar-refractivity contribution is 5.86. The fourth-order valence-corrected chi connectivity index (χ4v) is 3.19. The third-order valence-corrected chi connectivity index (χ3v) is 4.51. The third-order valence-electron chi connectivity index (χ3n) is 4.51. The van der Waals surface area contributed by atoms with Gasteiger partial charge in [0, 0.05) is 0 Å². The van der Waals surface area contributed by atoms with Crippen LogP contribution in [0.5, 0.6) is 0 Å². The summed E-state index contributed by atoms with van der Waals surface area (Å²) in [5, 5.41) is 5.68. The molecule has 0 heterocycles. The standard InChI is InChI=1S/C22H28F2N2O/c1-2-25-15-9-8-14-20(22(27)26-16-21(23)24)19-13-7-6-12-18(19)17-10-4-3-5-11-17/h3-7,10-13,20-21,25H,2,8-9,14-16H2,1H3,(H,26,27). The van der Waals surface area contributed by atoms with Gasteiger partial charge in [0.05, 0.1) is 12.5 Å². The Morgan fingerprint density at radius 1 is 1.00 bits per heavy atom. The van der Waals surface area contributed by atoms with Crippen molar-refractivity contribution in [3.05, 3.63) is 60.2 Å². The Kier molecular flexibility index (Phi) is 8.92. The quantitative estimate of drug-likeness (QED) is 0.565. The summed E-state index contributed by atoms with van der Waals surface area (Å²) in [6.07, 6.45) is -0.125. The van der Waals surface area contributed by atoms with Gasteiger partial charge < -0.3 is 10.6 Å². The van der Waals surface area contributed by atoms with Gasteiger partial charge in [-0.1, -0.05) is 67.9 Å². The topological polar surface area (TPSA) is 41.1 Å². The summed E-state index contributed by atoms with van der Waals surface area (Å²) in [6.45, 7) is 3.24. The Hall–Kier alpha value is -2.27. The molecule has 2 rings (SSSR count). The molecule has 146 valence electrons. The summed E-state index contributed by atoms with van der Waals surface area (Å²) in [6, 6.07) is 17.6. The number of alkyl halides is 2. The van der Waals surface area contributed by atoms with E-state index in [0.29, 0.717) is 6.42 Å². The number of hydrogen-bond donors (Lipinski definition) is 2. The minimum atomic E-state index is -2.55. The molecule has 1 unspecified atom stereocenters. The predicted octanol–water partition coefficient (Wildman–Crippen LogP) is 4.60. The first-order chi connectivity index (χ1) is 13.1. The van der Waals surface area contributed by atoms with Gasteiger partial charge in [0.15, 0.2) is 0 Å². The molecule has 0 aliphatic rings. The van der Waals surface area contributed by atoms with E-state index >= 15 is 0 Å². The smallest absolute Gasteiger partial charge is 0.255 e. The average molecular weight is 374 g/mol. The lowest BCUT2D eigenvalue weighted by Gasteiger charge is -2.20. The summed E-state index contributed by atoms with van der Waals surface area (Å²) in [5.74, 6) is -0.774. The largest absolute Gasteiger partial charge is 0.350 e. The summed E-state index contributed by atoms with van der Waals surface area (Å²) < 4.78 is 25.1. The summed E-state index contributed by atoms with van der Waals surface area (Å²) in [4.78, 5) is 12.7. The normalized spacial score (nSPS) is 12.1. The van der Waals surface area contributed by atoms with Crippen LogP contribution in [0.4, 0.5) is 8.78 Å². The van der Waals surface area contributed by atoms with Crippen LogP contribution in [0.15, 0.2) is 54.6 Å². The second-order valence-corrected chi connectivity index (χ2v) is 6.49. The average Bonchev–Trinajstić information content (AvgIpc) is 2.69. The van der Waals surface area contributed by atoms with Gasteiger partial charge in [-0.2, -0.15) is 0 Å². The van der Waals surface area contributed by atoms with Crippen molar-refractivity contribution in [2.75, 3.05) is 19.6 Å². The molecule has 5 heteroatoms. The number of benzene rings is 2. The van der Waals surface area contributed by atoms with Gasteiger partial charge in [0.2, 0.25) is 5.91 Å². The number of halogens is 2. The van der Waals surface area contributed by atoms with Crippen molar-refractivity contribution in [1.82, 2.24) is 10.6 Å². The molecule has 0 saturated carbocycles. The first-order valence-electron chi connectivity index (χ1n) is 9.54. The Morgan fingerprint density at radius 2 is 1.70 bits per heavy atom. The van der Waals surface area contributed by atoms with E-state index < -0.39 is 18.9 Å². The summed E-state index contributed by atoms with van der Waals surface area (Å²) in [7, 11) is 0. The van der Waals surface area contributed by atoms with Gasteiger partial charge in [-0.15, -0.1) is 0 Å². The second-order valence-electron chi connectivity index (χ2n) is 6.49. The lowest BCUT2D eigenvalue weighted by molar-refractivity contribution is -0.123. The van der Waals surface area contributed by atoms with Crippen LogP contribution >= 0.6 is 0 Å². The third kappa shape index (κ3) is 6.75. The minimum absolute atomic E-state index is 0.331. The summed E-state index contributed by atoms with van der Waals surface area (Å²) >= 11 is 0. The van der Waals surface area contributed by atoms with E-state index in [0.717, 1.165) is 42.6 Å². The van der Waals surface area contributed by atoms with Crippen molar-refractivity contribution in [2.24, 2.45) is 0 Å². The highest BCUT2D eigenvalue weighted by Crippen LogP contribution is 2.32. The molecule has 1 atom stereocenters. The molecule has 2 aromatic rings. The maximum absolute atomic E-state index is 12.7. The predicted molar refractivity (Wildman–Crippen MR) is 106 cm³/mol. The molecule has 2 aromatic carbocycles. The molecular formula is C22H28F2N2O. The van der Waals surface area contributed by atoms with Crippen molar-refractivity contribution in [3.63, 3.8) is 0 Å². The maximum atomic E-state index is 12.7. The van der Waals surface area contributed by atoms with Crippen LogP contribution in [0.1, 0.15) is 37.7 Å². The number of carbonyl (C=O) groups excluding carboxylic acids is 1. The molecular weight excluding hydrogens is 346 g/mol. The zero-order chi connectivity index (χ0) is 19.5. The maximum Gasteiger partial charge on any atom is 0.255 e. The van der Waals surface area contributed by atoms with Crippen molar-refractivity contribution in [1.29, 1.82) is 0 Å². The van der Waals surface area contributed by atoms with E-state index in [1.54, 1.807) is 0 Å². The number of unbranched alkanes of at least 4 members (excludes halogenated alkanes) is 1. The Labute approximate surface area is 160 Å². The highest BCUT2D eigenvalue weighted by atomic mass is 19.3. The zero-order valence-electron chi connectivity index (χ0n) is 15.8. The van der Waals surface area contributed by atoms with E-state index in [1.807, 2.05) is 54.6 Å². The molecule has 27 heavy (non-hydrogen) atoms. The molecule has 1 amide bonds. The zero-order valence-corrected chi connectivity index (χ0v) is 15.8. The Balaban J connectivity index is 2.23. The van der Waals surface area contributed by atoms with Gasteiger partial charge in [-0.05, 0) is 42.6 Å². The van der Waals surface area contributed by atoms with Crippen molar-refractivity contribution in [2.45, 2.75) is 38.5 Å². The molecule has 3 nitrogen and oxygen atoms in total. The van der Waals surface area contributed by atoms with Gasteiger partial charge >= 0.3 is 0 Å². The molecule has 0 saturated heterocycles. The van der Waals surface area contributed by atoms with E-state index in [-0.39, 0.29) is 5.91 Å². The number of carbonyl (C=O) groups is 1. The fraction of sp³-hybridized carbons (Fsp3) is 0.409. The van der Waals surface area contributed by atoms with Gasteiger partial charge in [-0.25, -0.2) is 8.78 Å². The first kappa shape index (κ1) is 21.0. The van der Waals surface area contributed by atoms with Crippen molar-refractivity contribution >= 4 is 5.91 Å². The van der Waals surface area contributed by atoms with Crippen LogP contribution in [0.3, 0.4) is 0 Å². The molecule has 0 aliphatic heterocycles. The Morgan fingerprint density at radius 3 is 2.41 bits per heavy atom. The van der Waals surface area contributed by atoms with Crippen LogP contribution in [0.25, 0.3) is 11.1 Å². The number of hydrogen-bond acceptors (Lipinski definition) is 2. The first-order valence-corrected chi connectivity index (χ1v) is 9.54. The number of nitrogens with one attached hydrogen (secondary N) is 2. The number of rotatable bonds is 11. The SMILES string of the molecule is CCNCCCCC(C(=O)NCC(F)F)c1ccccc1-c1ccccc1. The van der Waals surface area contributed by atoms with E-state index in [9.17, 15) is 13.6 Å². The molecule has 0 bridgehead atoms. The molecule has 0 radical (unpaired) electrons. The lowest BCUT2D eigenvalue weighted by Crippen LogP contribution is -2.33. The molecule has 0 fully saturated rings. The van der Waals surface area contributed by atoms with E-state index in [4.69, 9.17) is 0 Å².